The Morgan fingerprint density at radius 2 is 0.722 bits per heavy atom. The maximum absolute atomic E-state index is 11.6. The van der Waals surface area contributed by atoms with E-state index in [1.165, 1.54) is 0 Å². The molecule has 9 rings (SSSR count). The predicted octanol–water partition coefficient (Wildman–Crippen LogP) is 10.9. The average molecular weight is 707 g/mol. The molecule has 1 aliphatic rings. The van der Waals surface area contributed by atoms with Gasteiger partial charge in [0, 0.05) is 68.6 Å². The molecule has 0 saturated heterocycles. The van der Waals surface area contributed by atoms with Crippen LogP contribution in [0.5, 0.6) is 11.5 Å². The molecule has 1 aliphatic carbocycles. The molecule has 0 aliphatic heterocycles. The number of benzene rings is 8. The molecule has 8 aromatic carbocycles. The Labute approximate surface area is 313 Å². The minimum atomic E-state index is -1.04. The molecule has 0 spiro atoms. The van der Waals surface area contributed by atoms with Crippen LogP contribution in [0.15, 0.2) is 182 Å². The molecule has 0 amide bonds. The van der Waals surface area contributed by atoms with Gasteiger partial charge in [0.15, 0.2) is 0 Å². The van der Waals surface area contributed by atoms with Crippen molar-refractivity contribution in [3.05, 3.63) is 193 Å². The lowest BCUT2D eigenvalue weighted by molar-refractivity contribution is -0.0797. The van der Waals surface area contributed by atoms with Crippen LogP contribution in [0, 0.1) is 0 Å². The first-order valence-electron chi connectivity index (χ1n) is 18.2. The number of hydrogen-bond acceptors (Lipinski definition) is 6. The molecule has 1 saturated carbocycles. The number of rotatable bonds is 8. The Hall–Kier alpha value is -6.60. The summed E-state index contributed by atoms with van der Waals surface area (Å²) in [4.78, 5) is 4.19. The molecule has 6 heteroatoms. The largest absolute Gasteiger partial charge is 0.508 e. The fraction of sp³-hybridized carbons (Fsp3) is 0.0833. The van der Waals surface area contributed by atoms with E-state index in [0.717, 1.165) is 55.7 Å². The Morgan fingerprint density at radius 3 is 1.13 bits per heavy atom. The van der Waals surface area contributed by atoms with Crippen LogP contribution >= 0.6 is 0 Å². The van der Waals surface area contributed by atoms with E-state index in [2.05, 4.69) is 58.3 Å². The van der Waals surface area contributed by atoms with Gasteiger partial charge in [0.1, 0.15) is 11.5 Å². The van der Waals surface area contributed by atoms with Crippen LogP contribution < -0.4 is 9.80 Å². The van der Waals surface area contributed by atoms with E-state index >= 15 is 0 Å². The van der Waals surface area contributed by atoms with Crippen molar-refractivity contribution in [1.29, 1.82) is 0 Å². The van der Waals surface area contributed by atoms with E-state index in [1.807, 2.05) is 109 Å². The summed E-state index contributed by atoms with van der Waals surface area (Å²) in [6.45, 7) is 0. The maximum atomic E-state index is 11.6. The second-order valence-corrected chi connectivity index (χ2v) is 13.9. The third-order valence-electron chi connectivity index (χ3n) is 10.8. The fourth-order valence-corrected chi connectivity index (χ4v) is 8.16. The van der Waals surface area contributed by atoms with Crippen molar-refractivity contribution in [3.63, 3.8) is 0 Å². The summed E-state index contributed by atoms with van der Waals surface area (Å²) in [6, 6.07) is 59.4. The number of aromatic hydroxyl groups is 2. The smallest absolute Gasteiger partial charge is 0.121 e. The molecule has 0 heterocycles. The maximum Gasteiger partial charge on any atom is 0.121 e. The minimum Gasteiger partial charge on any atom is -0.508 e. The molecular formula is C48H38N2O4. The number of aliphatic hydroxyl groups is 2. The van der Waals surface area contributed by atoms with Gasteiger partial charge in [0.25, 0.3) is 0 Å². The highest BCUT2D eigenvalue weighted by Gasteiger charge is 2.52. The molecular weight excluding hydrogens is 669 g/mol. The number of nitrogens with zero attached hydrogens (tertiary/aromatic N) is 2. The van der Waals surface area contributed by atoms with Crippen LogP contribution in [0.1, 0.15) is 23.0 Å². The summed E-state index contributed by atoms with van der Waals surface area (Å²) in [7, 11) is 0. The molecule has 8 aromatic rings. The summed E-state index contributed by atoms with van der Waals surface area (Å²) >= 11 is 0. The molecule has 0 bridgehead atoms. The third kappa shape index (κ3) is 5.69. The van der Waals surface area contributed by atoms with E-state index < -0.39 is 24.0 Å². The van der Waals surface area contributed by atoms with Gasteiger partial charge in [-0.1, -0.05) is 121 Å². The van der Waals surface area contributed by atoms with Gasteiger partial charge in [-0.15, -0.1) is 0 Å². The van der Waals surface area contributed by atoms with Crippen LogP contribution in [0.4, 0.5) is 34.1 Å². The van der Waals surface area contributed by atoms with Crippen molar-refractivity contribution < 1.29 is 20.4 Å². The fourth-order valence-electron chi connectivity index (χ4n) is 8.16. The van der Waals surface area contributed by atoms with Gasteiger partial charge < -0.3 is 30.2 Å². The highest BCUT2D eigenvalue weighted by atomic mass is 16.3. The normalized spacial score (nSPS) is 18.0. The van der Waals surface area contributed by atoms with Gasteiger partial charge in [-0.2, -0.15) is 0 Å². The Kier molecular flexibility index (Phi) is 8.47. The number of aliphatic hydroxyl groups excluding tert-OH is 2. The quantitative estimate of drug-likeness (QED) is 0.126. The number of phenolic OH excluding ortho intramolecular Hbond substituents is 2. The molecule has 6 nitrogen and oxygen atoms in total. The monoisotopic (exact) mass is 706 g/mol. The van der Waals surface area contributed by atoms with Crippen molar-refractivity contribution in [3.8, 4) is 11.5 Å². The van der Waals surface area contributed by atoms with E-state index in [4.69, 9.17) is 0 Å². The number of phenols is 2. The number of hydrogen-bond donors (Lipinski definition) is 4. The van der Waals surface area contributed by atoms with E-state index in [9.17, 15) is 20.4 Å². The van der Waals surface area contributed by atoms with E-state index in [1.54, 1.807) is 24.3 Å². The zero-order valence-electron chi connectivity index (χ0n) is 29.3. The van der Waals surface area contributed by atoms with Gasteiger partial charge in [-0.05, 0) is 59.3 Å². The third-order valence-corrected chi connectivity index (χ3v) is 10.8. The summed E-state index contributed by atoms with van der Waals surface area (Å²) in [5.74, 6) is -1.54. The molecule has 0 radical (unpaired) electrons. The van der Waals surface area contributed by atoms with Crippen molar-refractivity contribution in [2.24, 2.45) is 0 Å². The zero-order chi connectivity index (χ0) is 36.8. The Bertz CT molecular complexity index is 2410. The van der Waals surface area contributed by atoms with Crippen LogP contribution in [0.25, 0.3) is 21.5 Å². The SMILES string of the molecule is Oc1cc(N(c2ccccc2)c2cccc3ccccc23)ccc1C1C(O)C(c2ccc(N(c3ccccc3)c3cccc4ccccc34)cc2O)C1O. The van der Waals surface area contributed by atoms with Crippen LogP contribution in [-0.4, -0.2) is 32.6 Å². The van der Waals surface area contributed by atoms with Crippen molar-refractivity contribution in [1.82, 2.24) is 0 Å². The second-order valence-electron chi connectivity index (χ2n) is 13.9. The summed E-state index contributed by atoms with van der Waals surface area (Å²) in [5, 5.41) is 50.5. The lowest BCUT2D eigenvalue weighted by Gasteiger charge is -2.47. The molecule has 0 aromatic heterocycles. The van der Waals surface area contributed by atoms with Gasteiger partial charge >= 0.3 is 0 Å². The first-order valence-corrected chi connectivity index (χ1v) is 18.2. The van der Waals surface area contributed by atoms with E-state index in [-0.39, 0.29) is 11.5 Å². The van der Waals surface area contributed by atoms with E-state index in [0.29, 0.717) is 11.1 Å². The minimum absolute atomic E-state index is 0.0246. The van der Waals surface area contributed by atoms with Gasteiger partial charge in [0.05, 0.1) is 23.6 Å². The lowest BCUT2D eigenvalue weighted by atomic mass is 9.63. The summed E-state index contributed by atoms with van der Waals surface area (Å²) in [5.41, 5.74) is 6.14. The van der Waals surface area contributed by atoms with Crippen LogP contribution in [0.3, 0.4) is 0 Å². The van der Waals surface area contributed by atoms with Gasteiger partial charge in [-0.25, -0.2) is 0 Å². The second kappa shape index (κ2) is 13.7. The van der Waals surface area contributed by atoms with Gasteiger partial charge in [0.2, 0.25) is 0 Å². The standard InChI is InChI=1S/C48H38N2O4/c51-43-29-35(49(33-17-3-1-4-18-33)41-23-11-15-31-13-7-9-21-37(31)41)25-27-39(43)45-47(53)46(48(45)54)40-28-26-36(30-44(40)52)50(34-19-5-2-6-20-34)42-24-12-16-32-14-8-10-22-38(32)42/h1-30,45-48,51-54H. The highest BCUT2D eigenvalue weighted by molar-refractivity contribution is 6.00. The number of anilines is 6. The first-order chi connectivity index (χ1) is 26.5. The Balaban J connectivity index is 1.03. The van der Waals surface area contributed by atoms with Crippen LogP contribution in [-0.2, 0) is 0 Å². The summed E-state index contributed by atoms with van der Waals surface area (Å²) < 4.78 is 0. The lowest BCUT2D eigenvalue weighted by Crippen LogP contribution is -2.51. The number of para-hydroxylation sites is 2. The first kappa shape index (κ1) is 33.3. The van der Waals surface area contributed by atoms with Crippen molar-refractivity contribution in [2.45, 2.75) is 24.0 Å². The number of fused-ring (bicyclic) bond motifs is 2. The molecule has 54 heavy (non-hydrogen) atoms. The topological polar surface area (TPSA) is 87.4 Å². The summed E-state index contributed by atoms with van der Waals surface area (Å²) in [6.07, 6.45) is -2.08. The van der Waals surface area contributed by atoms with Crippen molar-refractivity contribution >= 4 is 55.7 Å². The molecule has 0 unspecified atom stereocenters. The molecule has 1 fully saturated rings. The molecule has 4 N–H and O–H groups in total. The van der Waals surface area contributed by atoms with Crippen molar-refractivity contribution in [2.75, 3.05) is 9.80 Å². The molecule has 264 valence electrons. The van der Waals surface area contributed by atoms with Gasteiger partial charge in [-0.3, -0.25) is 0 Å². The average Bonchev–Trinajstić information content (AvgIpc) is 3.21. The molecule has 0 atom stereocenters. The predicted molar refractivity (Wildman–Crippen MR) is 218 cm³/mol. The van der Waals surface area contributed by atoms with Crippen LogP contribution in [0.2, 0.25) is 0 Å². The highest BCUT2D eigenvalue weighted by Crippen LogP contribution is 2.53. The zero-order valence-corrected chi connectivity index (χ0v) is 29.3. The Morgan fingerprint density at radius 1 is 0.352 bits per heavy atom.